The molecule has 2 amide bonds. The van der Waals surface area contributed by atoms with Gasteiger partial charge in [0.25, 0.3) is 5.91 Å². The van der Waals surface area contributed by atoms with E-state index < -0.39 is 0 Å². The lowest BCUT2D eigenvalue weighted by Crippen LogP contribution is -2.52. The predicted molar refractivity (Wildman–Crippen MR) is 180 cm³/mol. The Bertz CT molecular complexity index is 1420. The van der Waals surface area contributed by atoms with E-state index in [4.69, 9.17) is 9.72 Å². The molecule has 4 fully saturated rings. The monoisotopic (exact) mass is 630 g/mol. The predicted octanol–water partition coefficient (Wildman–Crippen LogP) is 4.41. The van der Waals surface area contributed by atoms with E-state index in [1.165, 1.54) is 12.8 Å². The molecule has 1 aromatic heterocycles. The zero-order valence-corrected chi connectivity index (χ0v) is 27.8. The number of rotatable bonds is 8. The third-order valence-corrected chi connectivity index (χ3v) is 11.3. The van der Waals surface area contributed by atoms with Crippen LogP contribution in [0.15, 0.2) is 24.4 Å². The van der Waals surface area contributed by atoms with Gasteiger partial charge in [-0.15, -0.1) is 0 Å². The Morgan fingerprint density at radius 2 is 1.76 bits per heavy atom. The first-order valence-electron chi connectivity index (χ1n) is 17.5. The number of hydrogen-bond donors (Lipinski definition) is 2. The van der Waals surface area contributed by atoms with Gasteiger partial charge < -0.3 is 30.1 Å². The maximum absolute atomic E-state index is 13.4. The average molecular weight is 631 g/mol. The fourth-order valence-corrected chi connectivity index (χ4v) is 8.20. The molecule has 248 valence electrons. The van der Waals surface area contributed by atoms with Gasteiger partial charge in [-0.3, -0.25) is 14.5 Å². The van der Waals surface area contributed by atoms with Crippen molar-refractivity contribution in [1.82, 2.24) is 25.1 Å². The molecule has 5 aliphatic rings. The number of amides is 2. The molecule has 0 radical (unpaired) electrons. The van der Waals surface area contributed by atoms with Crippen molar-refractivity contribution in [2.24, 2.45) is 5.41 Å². The first kappa shape index (κ1) is 31.2. The number of ether oxygens (including phenoxy) is 1. The summed E-state index contributed by atoms with van der Waals surface area (Å²) in [7, 11) is 3.46. The van der Waals surface area contributed by atoms with Crippen LogP contribution in [0.5, 0.6) is 5.75 Å². The van der Waals surface area contributed by atoms with Crippen molar-refractivity contribution in [2.75, 3.05) is 68.5 Å². The Morgan fingerprint density at radius 3 is 2.43 bits per heavy atom. The zero-order valence-electron chi connectivity index (χ0n) is 27.8. The average Bonchev–Trinajstić information content (AvgIpc) is 3.70. The molecule has 0 bridgehead atoms. The SMILES string of the molecule is CCN1CCN(C2CCC(NC(=O)c3ccc(Nc4ncc5c(n4)N(C4CCCC4)CC4(CC4)C(=O)N5C)c(OC)c3)CC2)CC1. The number of piperazine rings is 1. The normalized spacial score (nSPS) is 25.3. The first-order valence-corrected chi connectivity index (χ1v) is 17.5. The molecule has 7 rings (SSSR count). The summed E-state index contributed by atoms with van der Waals surface area (Å²) in [5, 5.41) is 6.62. The Kier molecular flexibility index (Phi) is 8.80. The third-order valence-electron chi connectivity index (χ3n) is 11.3. The largest absolute Gasteiger partial charge is 0.495 e. The van der Waals surface area contributed by atoms with Crippen molar-refractivity contribution in [1.29, 1.82) is 0 Å². The van der Waals surface area contributed by atoms with E-state index in [2.05, 4.69) is 37.2 Å². The highest BCUT2D eigenvalue weighted by molar-refractivity contribution is 6.03. The minimum Gasteiger partial charge on any atom is -0.495 e. The number of hydrogen-bond acceptors (Lipinski definition) is 9. The van der Waals surface area contributed by atoms with Gasteiger partial charge in [-0.1, -0.05) is 19.8 Å². The van der Waals surface area contributed by atoms with Gasteiger partial charge in [0.1, 0.15) is 11.4 Å². The van der Waals surface area contributed by atoms with Crippen molar-refractivity contribution < 1.29 is 14.3 Å². The minimum absolute atomic E-state index is 0.0694. The van der Waals surface area contributed by atoms with E-state index in [1.807, 2.05) is 19.2 Å². The molecule has 2 N–H and O–H groups in total. The number of aromatic nitrogens is 2. The number of carbonyl (C=O) groups is 2. The number of nitrogens with zero attached hydrogens (tertiary/aromatic N) is 6. The van der Waals surface area contributed by atoms with Crippen LogP contribution in [-0.2, 0) is 4.79 Å². The van der Waals surface area contributed by atoms with Gasteiger partial charge in [-0.25, -0.2) is 4.98 Å². The molecule has 2 aromatic rings. The highest BCUT2D eigenvalue weighted by atomic mass is 16.5. The highest BCUT2D eigenvalue weighted by Crippen LogP contribution is 2.52. The molecule has 11 heteroatoms. The topological polar surface area (TPSA) is 106 Å². The second-order valence-corrected chi connectivity index (χ2v) is 14.1. The number of nitrogens with one attached hydrogen (secondary N) is 2. The number of methoxy groups -OCH3 is 1. The zero-order chi connectivity index (χ0) is 31.8. The molecule has 3 aliphatic carbocycles. The van der Waals surface area contributed by atoms with Gasteiger partial charge in [-0.2, -0.15) is 4.98 Å². The second-order valence-electron chi connectivity index (χ2n) is 14.1. The second kappa shape index (κ2) is 13.0. The number of fused-ring (bicyclic) bond motifs is 1. The molecular formula is C35H50N8O3. The number of anilines is 4. The van der Waals surface area contributed by atoms with E-state index in [-0.39, 0.29) is 23.3 Å². The molecule has 3 heterocycles. The van der Waals surface area contributed by atoms with Crippen LogP contribution < -0.4 is 25.2 Å². The van der Waals surface area contributed by atoms with Crippen LogP contribution in [0.4, 0.5) is 23.1 Å². The molecule has 0 atom stereocenters. The van der Waals surface area contributed by atoms with E-state index in [0.717, 1.165) is 102 Å². The Balaban J connectivity index is 1.01. The summed E-state index contributed by atoms with van der Waals surface area (Å²) in [6.07, 6.45) is 12.6. The van der Waals surface area contributed by atoms with Crippen LogP contribution in [0, 0.1) is 5.41 Å². The van der Waals surface area contributed by atoms with Crippen LogP contribution in [0.2, 0.25) is 0 Å². The van der Waals surface area contributed by atoms with Crippen molar-refractivity contribution in [3.05, 3.63) is 30.0 Å². The van der Waals surface area contributed by atoms with Gasteiger partial charge in [0.2, 0.25) is 11.9 Å². The van der Waals surface area contributed by atoms with Crippen LogP contribution in [-0.4, -0.2) is 103 Å². The summed E-state index contributed by atoms with van der Waals surface area (Å²) in [6, 6.07) is 6.69. The van der Waals surface area contributed by atoms with E-state index in [1.54, 1.807) is 24.3 Å². The van der Waals surface area contributed by atoms with Gasteiger partial charge in [0, 0.05) is 63.5 Å². The number of benzene rings is 1. The summed E-state index contributed by atoms with van der Waals surface area (Å²) >= 11 is 0. The lowest BCUT2D eigenvalue weighted by atomic mass is 9.89. The Labute approximate surface area is 273 Å². The Morgan fingerprint density at radius 1 is 1.02 bits per heavy atom. The van der Waals surface area contributed by atoms with Gasteiger partial charge in [-0.05, 0) is 76.1 Å². The molecule has 11 nitrogen and oxygen atoms in total. The smallest absolute Gasteiger partial charge is 0.251 e. The van der Waals surface area contributed by atoms with Crippen molar-refractivity contribution in [2.45, 2.75) is 89.3 Å². The van der Waals surface area contributed by atoms with E-state index >= 15 is 0 Å². The summed E-state index contributed by atoms with van der Waals surface area (Å²) in [4.78, 5) is 45.6. The number of carbonyl (C=O) groups excluding carboxylic acids is 2. The molecular weight excluding hydrogens is 580 g/mol. The molecule has 1 spiro atoms. The first-order chi connectivity index (χ1) is 22.4. The van der Waals surface area contributed by atoms with Crippen LogP contribution in [0.25, 0.3) is 0 Å². The van der Waals surface area contributed by atoms with Crippen molar-refractivity contribution in [3.63, 3.8) is 0 Å². The maximum atomic E-state index is 13.4. The molecule has 46 heavy (non-hydrogen) atoms. The lowest BCUT2D eigenvalue weighted by Gasteiger charge is -2.41. The summed E-state index contributed by atoms with van der Waals surface area (Å²) < 4.78 is 5.73. The van der Waals surface area contributed by atoms with Gasteiger partial charge in [0.15, 0.2) is 5.82 Å². The molecule has 0 unspecified atom stereocenters. The fraction of sp³-hybridized carbons (Fsp3) is 0.657. The minimum atomic E-state index is -0.297. The lowest BCUT2D eigenvalue weighted by molar-refractivity contribution is -0.122. The fourth-order valence-electron chi connectivity index (χ4n) is 8.20. The quantitative estimate of drug-likeness (QED) is 0.439. The molecule has 1 aromatic carbocycles. The van der Waals surface area contributed by atoms with Crippen LogP contribution >= 0.6 is 0 Å². The standard InChI is InChI=1S/C35H50N8O3/c1-4-41-17-19-42(20-18-41)26-12-10-25(11-13-26)37-32(44)24-9-14-28(30(21-24)46-3)38-34-36-22-29-31(39-34)43(27-7-5-6-8-27)23-35(15-16-35)33(45)40(29)2/h9,14,21-22,25-27H,4-8,10-13,15-20,23H2,1-3H3,(H,37,44)(H,36,38,39). The summed E-state index contributed by atoms with van der Waals surface area (Å²) in [5.74, 6) is 1.92. The van der Waals surface area contributed by atoms with E-state index in [9.17, 15) is 9.59 Å². The van der Waals surface area contributed by atoms with Crippen molar-refractivity contribution >= 4 is 35.0 Å². The molecule has 1 saturated heterocycles. The Hall–Kier alpha value is -3.44. The summed E-state index contributed by atoms with van der Waals surface area (Å²) in [6.45, 7) is 8.73. The van der Waals surface area contributed by atoms with Crippen LogP contribution in [0.1, 0.15) is 81.5 Å². The summed E-state index contributed by atoms with van der Waals surface area (Å²) in [5.41, 5.74) is 1.73. The van der Waals surface area contributed by atoms with E-state index in [0.29, 0.717) is 35.0 Å². The van der Waals surface area contributed by atoms with Gasteiger partial charge >= 0.3 is 0 Å². The highest BCUT2D eigenvalue weighted by Gasteiger charge is 2.55. The molecule has 2 aliphatic heterocycles. The van der Waals surface area contributed by atoms with Crippen LogP contribution in [0.3, 0.4) is 0 Å². The maximum Gasteiger partial charge on any atom is 0.251 e. The van der Waals surface area contributed by atoms with Gasteiger partial charge in [0.05, 0.1) is 24.4 Å². The third kappa shape index (κ3) is 6.15. The van der Waals surface area contributed by atoms with Crippen molar-refractivity contribution in [3.8, 4) is 5.75 Å². The molecule has 3 saturated carbocycles. The number of likely N-dealkylation sites (N-methyl/N-ethyl adjacent to an activating group) is 1.